The summed E-state index contributed by atoms with van der Waals surface area (Å²) in [4.78, 5) is 13.7. The van der Waals surface area contributed by atoms with E-state index < -0.39 is 11.7 Å². The molecule has 0 radical (unpaired) electrons. The second kappa shape index (κ2) is 6.47. The van der Waals surface area contributed by atoms with Gasteiger partial charge in [-0.15, -0.1) is 0 Å². The third-order valence-corrected chi connectivity index (χ3v) is 3.76. The molecule has 1 amide bonds. The van der Waals surface area contributed by atoms with Gasteiger partial charge in [-0.2, -0.15) is 13.2 Å². The smallest absolute Gasteiger partial charge is 0.342 e. The van der Waals surface area contributed by atoms with Crippen molar-refractivity contribution in [2.24, 2.45) is 0 Å². The Morgan fingerprint density at radius 1 is 1.24 bits per heavy atom. The number of amides is 1. The predicted octanol–water partition coefficient (Wildman–Crippen LogP) is 2.98. The molecular weight excluding hydrogens is 281 g/mol. The maximum absolute atomic E-state index is 12.5. The molecule has 1 atom stereocenters. The molecule has 1 fully saturated rings. The highest BCUT2D eigenvalue weighted by atomic mass is 19.4. The van der Waals surface area contributed by atoms with E-state index in [0.29, 0.717) is 0 Å². The fraction of sp³-hybridized carbons (Fsp3) is 0.533. The number of hydrogen-bond acceptors (Lipinski definition) is 2. The van der Waals surface area contributed by atoms with Crippen LogP contribution in [0.1, 0.15) is 36.9 Å². The molecule has 0 spiro atoms. The topological polar surface area (TPSA) is 32.3 Å². The van der Waals surface area contributed by atoms with Gasteiger partial charge >= 0.3 is 6.18 Å². The standard InChI is InChI=1S/C15H19F3N2O/c1-11(19-10-14(21)20-8-2-3-9-20)12-4-6-13(7-5-12)15(16,17)18/h4-7,11,19H,2-3,8-10H2,1H3. The molecule has 2 rings (SSSR count). The first-order chi connectivity index (χ1) is 9.88. The minimum Gasteiger partial charge on any atom is -0.342 e. The number of rotatable bonds is 4. The normalized spacial score (nSPS) is 17.0. The molecule has 21 heavy (non-hydrogen) atoms. The van der Waals surface area contributed by atoms with Crippen molar-refractivity contribution in [3.8, 4) is 0 Å². The van der Waals surface area contributed by atoms with Crippen molar-refractivity contribution >= 4 is 5.91 Å². The molecule has 0 saturated carbocycles. The summed E-state index contributed by atoms with van der Waals surface area (Å²) in [5.74, 6) is 0.0475. The predicted molar refractivity (Wildman–Crippen MR) is 73.7 cm³/mol. The summed E-state index contributed by atoms with van der Waals surface area (Å²) in [6.45, 7) is 3.65. The van der Waals surface area contributed by atoms with E-state index in [2.05, 4.69) is 5.32 Å². The van der Waals surface area contributed by atoms with Crippen LogP contribution in [0, 0.1) is 0 Å². The molecule has 0 bridgehead atoms. The maximum Gasteiger partial charge on any atom is 0.416 e. The van der Waals surface area contributed by atoms with Crippen LogP contribution in [0.5, 0.6) is 0 Å². The highest BCUT2D eigenvalue weighted by molar-refractivity contribution is 5.78. The Balaban J connectivity index is 1.88. The Morgan fingerprint density at radius 3 is 2.33 bits per heavy atom. The fourth-order valence-electron chi connectivity index (χ4n) is 2.40. The summed E-state index contributed by atoms with van der Waals surface area (Å²) in [7, 11) is 0. The molecule has 6 heteroatoms. The van der Waals surface area contributed by atoms with Crippen LogP contribution in [-0.2, 0) is 11.0 Å². The Labute approximate surface area is 122 Å². The summed E-state index contributed by atoms with van der Waals surface area (Å²) >= 11 is 0. The van der Waals surface area contributed by atoms with Gasteiger partial charge in [0.2, 0.25) is 5.91 Å². The van der Waals surface area contributed by atoms with Crippen LogP contribution < -0.4 is 5.32 Å². The van der Waals surface area contributed by atoms with Crippen molar-refractivity contribution in [2.75, 3.05) is 19.6 Å². The van der Waals surface area contributed by atoms with E-state index in [1.807, 2.05) is 11.8 Å². The quantitative estimate of drug-likeness (QED) is 0.927. The minimum absolute atomic E-state index is 0.0475. The molecule has 1 aliphatic heterocycles. The molecule has 1 aromatic carbocycles. The van der Waals surface area contributed by atoms with Gasteiger partial charge in [-0.25, -0.2) is 0 Å². The van der Waals surface area contributed by atoms with Crippen LogP contribution >= 0.6 is 0 Å². The number of likely N-dealkylation sites (tertiary alicyclic amines) is 1. The lowest BCUT2D eigenvalue weighted by molar-refractivity contribution is -0.137. The first kappa shape index (κ1) is 15.8. The van der Waals surface area contributed by atoms with Crippen LogP contribution in [-0.4, -0.2) is 30.4 Å². The Hall–Kier alpha value is -1.56. The fourth-order valence-corrected chi connectivity index (χ4v) is 2.40. The van der Waals surface area contributed by atoms with Crippen molar-refractivity contribution in [2.45, 2.75) is 32.0 Å². The van der Waals surface area contributed by atoms with Crippen LogP contribution in [0.3, 0.4) is 0 Å². The summed E-state index contributed by atoms with van der Waals surface area (Å²) in [6, 6.07) is 4.85. The van der Waals surface area contributed by atoms with Crippen molar-refractivity contribution < 1.29 is 18.0 Å². The number of nitrogens with zero attached hydrogens (tertiary/aromatic N) is 1. The van der Waals surface area contributed by atoms with E-state index in [1.165, 1.54) is 12.1 Å². The third-order valence-electron chi connectivity index (χ3n) is 3.76. The number of halogens is 3. The van der Waals surface area contributed by atoms with Gasteiger partial charge in [-0.1, -0.05) is 12.1 Å². The van der Waals surface area contributed by atoms with Crippen LogP contribution in [0.2, 0.25) is 0 Å². The van der Waals surface area contributed by atoms with Gasteiger partial charge < -0.3 is 10.2 Å². The first-order valence-electron chi connectivity index (χ1n) is 7.06. The third kappa shape index (κ3) is 4.20. The SMILES string of the molecule is CC(NCC(=O)N1CCCC1)c1ccc(C(F)(F)F)cc1. The molecule has 1 heterocycles. The van der Waals surface area contributed by atoms with Crippen LogP contribution in [0.25, 0.3) is 0 Å². The van der Waals surface area contributed by atoms with E-state index in [0.717, 1.165) is 43.6 Å². The monoisotopic (exact) mass is 300 g/mol. The van der Waals surface area contributed by atoms with Crippen LogP contribution in [0.4, 0.5) is 13.2 Å². The average Bonchev–Trinajstić information content (AvgIpc) is 2.98. The molecule has 1 aromatic rings. The summed E-state index contributed by atoms with van der Waals surface area (Å²) in [5, 5.41) is 3.06. The van der Waals surface area contributed by atoms with E-state index in [-0.39, 0.29) is 18.5 Å². The molecule has 0 aromatic heterocycles. The van der Waals surface area contributed by atoms with Gasteiger partial charge in [0.1, 0.15) is 0 Å². The van der Waals surface area contributed by atoms with Gasteiger partial charge in [-0.05, 0) is 37.5 Å². The molecular formula is C15H19F3N2O. The lowest BCUT2D eigenvalue weighted by atomic mass is 10.1. The summed E-state index contributed by atoms with van der Waals surface area (Å²) < 4.78 is 37.4. The number of carbonyl (C=O) groups excluding carboxylic acids is 1. The van der Waals surface area contributed by atoms with Crippen molar-refractivity contribution in [1.29, 1.82) is 0 Å². The second-order valence-electron chi connectivity index (χ2n) is 5.31. The Morgan fingerprint density at radius 2 is 1.81 bits per heavy atom. The summed E-state index contributed by atoms with van der Waals surface area (Å²) in [5.41, 5.74) is 0.0730. The molecule has 3 nitrogen and oxygen atoms in total. The van der Waals surface area contributed by atoms with Gasteiger partial charge in [-0.3, -0.25) is 4.79 Å². The number of nitrogens with one attached hydrogen (secondary N) is 1. The van der Waals surface area contributed by atoms with Gasteiger partial charge in [0, 0.05) is 19.1 Å². The van der Waals surface area contributed by atoms with Crippen molar-refractivity contribution in [1.82, 2.24) is 10.2 Å². The van der Waals surface area contributed by atoms with Gasteiger partial charge in [0.15, 0.2) is 0 Å². The molecule has 1 N–H and O–H groups in total. The van der Waals surface area contributed by atoms with Gasteiger partial charge in [0.05, 0.1) is 12.1 Å². The highest BCUT2D eigenvalue weighted by Crippen LogP contribution is 2.29. The zero-order chi connectivity index (χ0) is 15.5. The van der Waals surface area contributed by atoms with Crippen molar-refractivity contribution in [3.05, 3.63) is 35.4 Å². The minimum atomic E-state index is -4.32. The molecule has 1 saturated heterocycles. The van der Waals surface area contributed by atoms with Crippen molar-refractivity contribution in [3.63, 3.8) is 0 Å². The zero-order valence-electron chi connectivity index (χ0n) is 11.9. The van der Waals surface area contributed by atoms with E-state index in [9.17, 15) is 18.0 Å². The Bertz CT molecular complexity index is 479. The number of hydrogen-bond donors (Lipinski definition) is 1. The lowest BCUT2D eigenvalue weighted by Crippen LogP contribution is -2.37. The highest BCUT2D eigenvalue weighted by Gasteiger charge is 2.30. The van der Waals surface area contributed by atoms with Crippen LogP contribution in [0.15, 0.2) is 24.3 Å². The Kier molecular flexibility index (Phi) is 4.88. The number of carbonyl (C=O) groups is 1. The largest absolute Gasteiger partial charge is 0.416 e. The maximum atomic E-state index is 12.5. The summed E-state index contributed by atoms with van der Waals surface area (Å²) in [6.07, 6.45) is -2.23. The number of alkyl halides is 3. The second-order valence-corrected chi connectivity index (χ2v) is 5.31. The van der Waals surface area contributed by atoms with E-state index >= 15 is 0 Å². The number of benzene rings is 1. The van der Waals surface area contributed by atoms with E-state index in [1.54, 1.807) is 0 Å². The molecule has 1 unspecified atom stereocenters. The first-order valence-corrected chi connectivity index (χ1v) is 7.06. The average molecular weight is 300 g/mol. The molecule has 1 aliphatic rings. The molecule has 0 aliphatic carbocycles. The van der Waals surface area contributed by atoms with Gasteiger partial charge in [0.25, 0.3) is 0 Å². The molecule has 116 valence electrons. The zero-order valence-corrected chi connectivity index (χ0v) is 11.9. The van der Waals surface area contributed by atoms with E-state index in [4.69, 9.17) is 0 Å². The lowest BCUT2D eigenvalue weighted by Gasteiger charge is -2.19.